The van der Waals surface area contributed by atoms with E-state index in [1.54, 1.807) is 0 Å². The minimum atomic E-state index is -3.72. The number of hydrogen-bond donors (Lipinski definition) is 2. The molecule has 0 aliphatic rings. The minimum Gasteiger partial charge on any atom is -0.478 e. The van der Waals surface area contributed by atoms with Gasteiger partial charge in [0.2, 0.25) is 10.0 Å². The van der Waals surface area contributed by atoms with Crippen molar-refractivity contribution in [2.45, 2.75) is 37.9 Å². The van der Waals surface area contributed by atoms with E-state index in [-0.39, 0.29) is 17.0 Å². The summed E-state index contributed by atoms with van der Waals surface area (Å²) >= 11 is 0. The third kappa shape index (κ3) is 5.14. The Labute approximate surface area is 154 Å². The number of benzene rings is 2. The predicted molar refractivity (Wildman–Crippen MR) is 100 cm³/mol. The summed E-state index contributed by atoms with van der Waals surface area (Å²) in [6, 6.07) is 13.2. The molecule has 2 aromatic rings. The minimum absolute atomic E-state index is 0.0410. The van der Waals surface area contributed by atoms with E-state index in [2.05, 4.69) is 23.5 Å². The van der Waals surface area contributed by atoms with Gasteiger partial charge in [0.05, 0.1) is 10.5 Å². The van der Waals surface area contributed by atoms with Gasteiger partial charge in [0.15, 0.2) is 0 Å². The third-order valence-corrected chi connectivity index (χ3v) is 5.70. The van der Waals surface area contributed by atoms with E-state index < -0.39 is 16.0 Å². The van der Waals surface area contributed by atoms with Crippen molar-refractivity contribution in [3.63, 3.8) is 0 Å². The van der Waals surface area contributed by atoms with Crippen LogP contribution in [0, 0.1) is 0 Å². The fourth-order valence-corrected chi connectivity index (χ4v) is 3.37. The molecule has 2 rings (SSSR count). The molecule has 0 fully saturated rings. The first-order valence-electron chi connectivity index (χ1n) is 8.31. The maximum atomic E-state index is 12.5. The van der Waals surface area contributed by atoms with Gasteiger partial charge in [0, 0.05) is 19.1 Å². The molecule has 140 valence electrons. The van der Waals surface area contributed by atoms with Gasteiger partial charge in [-0.25, -0.2) is 17.9 Å². The molecule has 0 atom stereocenters. The Bertz CT molecular complexity index is 861. The van der Waals surface area contributed by atoms with Gasteiger partial charge in [-0.2, -0.15) is 0 Å². The Hall–Kier alpha value is -2.22. The molecule has 0 unspecified atom stereocenters. The van der Waals surface area contributed by atoms with Gasteiger partial charge in [-0.05, 0) is 56.3 Å². The lowest BCUT2D eigenvalue weighted by atomic mass is 10.1. The van der Waals surface area contributed by atoms with Crippen LogP contribution in [-0.4, -0.2) is 37.5 Å². The Morgan fingerprint density at radius 3 is 2.19 bits per heavy atom. The van der Waals surface area contributed by atoms with E-state index in [4.69, 9.17) is 5.11 Å². The van der Waals surface area contributed by atoms with Crippen LogP contribution in [0.3, 0.4) is 0 Å². The highest BCUT2D eigenvalue weighted by Gasteiger charge is 2.16. The number of carboxylic acids is 1. The molecular formula is C19H24N2O4S. The standard InChI is InChI=1S/C19H24N2O4S/c1-14(2)21(3)13-17-7-5-4-6-16(17)12-20-26(24,25)18-10-8-15(9-11-18)19(22)23/h4-11,14,20H,12-13H2,1-3H3,(H,22,23). The quantitative estimate of drug-likeness (QED) is 0.740. The first-order valence-corrected chi connectivity index (χ1v) is 9.79. The summed E-state index contributed by atoms with van der Waals surface area (Å²) in [5, 5.41) is 8.90. The molecule has 2 N–H and O–H groups in total. The molecule has 0 aliphatic heterocycles. The van der Waals surface area contributed by atoms with Gasteiger partial charge in [-0.15, -0.1) is 0 Å². The predicted octanol–water partition coefficient (Wildman–Crippen LogP) is 2.70. The first kappa shape index (κ1) is 20.1. The van der Waals surface area contributed by atoms with Crippen molar-refractivity contribution in [2.75, 3.05) is 7.05 Å². The van der Waals surface area contributed by atoms with E-state index in [1.807, 2.05) is 31.3 Å². The van der Waals surface area contributed by atoms with Crippen LogP contribution in [0.25, 0.3) is 0 Å². The zero-order valence-electron chi connectivity index (χ0n) is 15.1. The SMILES string of the molecule is CC(C)N(C)Cc1ccccc1CNS(=O)(=O)c1ccc(C(=O)O)cc1. The molecule has 0 aliphatic carbocycles. The smallest absolute Gasteiger partial charge is 0.335 e. The molecule has 0 heterocycles. The maximum Gasteiger partial charge on any atom is 0.335 e. The topological polar surface area (TPSA) is 86.7 Å². The summed E-state index contributed by atoms with van der Waals surface area (Å²) in [4.78, 5) is 13.1. The van der Waals surface area contributed by atoms with Gasteiger partial charge in [0.25, 0.3) is 0 Å². The summed E-state index contributed by atoms with van der Waals surface area (Å²) in [6.07, 6.45) is 0. The number of aromatic carboxylic acids is 1. The van der Waals surface area contributed by atoms with E-state index >= 15 is 0 Å². The normalized spacial score (nSPS) is 11.9. The summed E-state index contributed by atoms with van der Waals surface area (Å²) in [5.74, 6) is -1.09. The average Bonchev–Trinajstić information content (AvgIpc) is 2.61. The van der Waals surface area contributed by atoms with Crippen LogP contribution in [0.5, 0.6) is 0 Å². The van der Waals surface area contributed by atoms with Crippen LogP contribution in [0.2, 0.25) is 0 Å². The van der Waals surface area contributed by atoms with Crippen molar-refractivity contribution in [1.82, 2.24) is 9.62 Å². The monoisotopic (exact) mass is 376 g/mol. The van der Waals surface area contributed by atoms with E-state index in [1.165, 1.54) is 24.3 Å². The molecule has 0 aromatic heterocycles. The molecule has 0 bridgehead atoms. The molecular weight excluding hydrogens is 352 g/mol. The molecule has 0 amide bonds. The lowest BCUT2D eigenvalue weighted by molar-refractivity contribution is 0.0696. The average molecular weight is 376 g/mol. The van der Waals surface area contributed by atoms with Crippen LogP contribution in [0.1, 0.15) is 35.3 Å². The number of carboxylic acid groups (broad SMARTS) is 1. The van der Waals surface area contributed by atoms with Crippen molar-refractivity contribution < 1.29 is 18.3 Å². The van der Waals surface area contributed by atoms with E-state index in [9.17, 15) is 13.2 Å². The molecule has 6 nitrogen and oxygen atoms in total. The molecule has 7 heteroatoms. The first-order chi connectivity index (χ1) is 12.2. The van der Waals surface area contributed by atoms with E-state index in [0.717, 1.165) is 17.7 Å². The number of nitrogens with zero attached hydrogens (tertiary/aromatic N) is 1. The molecule has 0 radical (unpaired) electrons. The second-order valence-corrected chi connectivity index (χ2v) is 8.20. The molecule has 2 aromatic carbocycles. The Morgan fingerprint density at radius 2 is 1.65 bits per heavy atom. The Morgan fingerprint density at radius 1 is 1.08 bits per heavy atom. The summed E-state index contributed by atoms with van der Waals surface area (Å²) in [7, 11) is -1.70. The van der Waals surface area contributed by atoms with Crippen LogP contribution < -0.4 is 4.72 Å². The molecule has 0 spiro atoms. The maximum absolute atomic E-state index is 12.5. The number of carbonyl (C=O) groups is 1. The lowest BCUT2D eigenvalue weighted by Crippen LogP contribution is -2.27. The fraction of sp³-hybridized carbons (Fsp3) is 0.316. The van der Waals surface area contributed by atoms with Gasteiger partial charge in [-0.1, -0.05) is 24.3 Å². The molecule has 0 saturated heterocycles. The summed E-state index contributed by atoms with van der Waals surface area (Å²) in [5.41, 5.74) is 2.02. The van der Waals surface area contributed by atoms with Crippen molar-refractivity contribution in [2.24, 2.45) is 0 Å². The fourth-order valence-electron chi connectivity index (χ4n) is 2.37. The molecule has 26 heavy (non-hydrogen) atoms. The second kappa shape index (κ2) is 8.44. The summed E-state index contributed by atoms with van der Waals surface area (Å²) in [6.45, 7) is 5.10. The number of rotatable bonds is 8. The van der Waals surface area contributed by atoms with Crippen LogP contribution >= 0.6 is 0 Å². The zero-order chi connectivity index (χ0) is 19.3. The second-order valence-electron chi connectivity index (χ2n) is 6.43. The lowest BCUT2D eigenvalue weighted by Gasteiger charge is -2.22. The van der Waals surface area contributed by atoms with Crippen molar-refractivity contribution in [3.05, 3.63) is 65.2 Å². The zero-order valence-corrected chi connectivity index (χ0v) is 16.0. The van der Waals surface area contributed by atoms with Crippen molar-refractivity contribution in [3.8, 4) is 0 Å². The number of hydrogen-bond acceptors (Lipinski definition) is 4. The van der Waals surface area contributed by atoms with Gasteiger partial charge < -0.3 is 5.11 Å². The third-order valence-electron chi connectivity index (χ3n) is 4.28. The Balaban J connectivity index is 2.13. The molecule has 0 saturated carbocycles. The van der Waals surface area contributed by atoms with E-state index in [0.29, 0.717) is 6.04 Å². The highest BCUT2D eigenvalue weighted by molar-refractivity contribution is 7.89. The van der Waals surface area contributed by atoms with Gasteiger partial charge in [-0.3, -0.25) is 4.90 Å². The van der Waals surface area contributed by atoms with Crippen LogP contribution in [-0.2, 0) is 23.1 Å². The number of nitrogens with one attached hydrogen (secondary N) is 1. The van der Waals surface area contributed by atoms with Crippen LogP contribution in [0.15, 0.2) is 53.4 Å². The van der Waals surface area contributed by atoms with Crippen molar-refractivity contribution in [1.29, 1.82) is 0 Å². The largest absolute Gasteiger partial charge is 0.478 e. The van der Waals surface area contributed by atoms with Gasteiger partial charge >= 0.3 is 5.97 Å². The van der Waals surface area contributed by atoms with Crippen molar-refractivity contribution >= 4 is 16.0 Å². The number of sulfonamides is 1. The summed E-state index contributed by atoms with van der Waals surface area (Å²) < 4.78 is 27.5. The Kier molecular flexibility index (Phi) is 6.52. The van der Waals surface area contributed by atoms with Gasteiger partial charge in [0.1, 0.15) is 0 Å². The highest BCUT2D eigenvalue weighted by atomic mass is 32.2. The van der Waals surface area contributed by atoms with Crippen LogP contribution in [0.4, 0.5) is 0 Å². The highest BCUT2D eigenvalue weighted by Crippen LogP contribution is 2.15.